The first-order chi connectivity index (χ1) is 8.74. The molecule has 0 fully saturated rings. The average Bonchev–Trinajstić information content (AvgIpc) is 2.43. The summed E-state index contributed by atoms with van der Waals surface area (Å²) in [6.45, 7) is 0.360. The van der Waals surface area contributed by atoms with Gasteiger partial charge in [0, 0.05) is 12.6 Å². The average molecular weight is 240 g/mol. The lowest BCUT2D eigenvalue weighted by atomic mass is 10.1. The first-order valence-electron chi connectivity index (χ1n) is 5.51. The maximum absolute atomic E-state index is 11.4. The third-order valence-corrected chi connectivity index (χ3v) is 2.58. The van der Waals surface area contributed by atoms with Crippen LogP contribution in [-0.4, -0.2) is 19.6 Å². The van der Waals surface area contributed by atoms with E-state index in [1.807, 2.05) is 36.4 Å². The molecule has 1 aliphatic rings. The van der Waals surface area contributed by atoms with Crippen LogP contribution in [0.4, 0.5) is 0 Å². The van der Waals surface area contributed by atoms with Crippen molar-refractivity contribution in [2.24, 2.45) is 0 Å². The van der Waals surface area contributed by atoms with E-state index in [4.69, 9.17) is 10.00 Å². The normalized spacial score (nSPS) is 13.8. The second kappa shape index (κ2) is 5.19. The molecule has 0 saturated carbocycles. The molecule has 1 aromatic carbocycles. The van der Waals surface area contributed by atoms with Crippen molar-refractivity contribution >= 4 is 12.0 Å². The third-order valence-electron chi connectivity index (χ3n) is 2.58. The summed E-state index contributed by atoms with van der Waals surface area (Å²) < 4.78 is 5.54. The number of benzene rings is 1. The van der Waals surface area contributed by atoms with Crippen LogP contribution in [0.2, 0.25) is 0 Å². The van der Waals surface area contributed by atoms with Crippen molar-refractivity contribution in [1.82, 2.24) is 5.32 Å². The van der Waals surface area contributed by atoms with Crippen LogP contribution < -0.4 is 10.1 Å². The highest BCUT2D eigenvalue weighted by Gasteiger charge is 2.12. The Morgan fingerprint density at radius 3 is 3.00 bits per heavy atom. The first kappa shape index (κ1) is 11.9. The van der Waals surface area contributed by atoms with Crippen LogP contribution in [-0.2, 0) is 4.79 Å². The summed E-state index contributed by atoms with van der Waals surface area (Å²) in [5.74, 6) is 0.422. The monoisotopic (exact) mass is 240 g/mol. The summed E-state index contributed by atoms with van der Waals surface area (Å²) in [7, 11) is 1.49. The fourth-order valence-corrected chi connectivity index (χ4v) is 1.69. The number of hydrogen-bond acceptors (Lipinski definition) is 3. The number of likely N-dealkylation sites (N-methyl/N-ethyl adjacent to an activating group) is 1. The van der Waals surface area contributed by atoms with Gasteiger partial charge in [-0.2, -0.15) is 5.26 Å². The number of carbonyl (C=O) groups excluding carboxylic acids is 1. The SMILES string of the molecule is CNC(=O)C(C#N)=CC1=Cc2ccccc2OC1. The van der Waals surface area contributed by atoms with E-state index in [-0.39, 0.29) is 5.57 Å². The van der Waals surface area contributed by atoms with Gasteiger partial charge in [0.25, 0.3) is 5.91 Å². The van der Waals surface area contributed by atoms with E-state index in [1.54, 1.807) is 6.08 Å². The molecule has 0 spiro atoms. The van der Waals surface area contributed by atoms with Crippen molar-refractivity contribution in [3.8, 4) is 11.8 Å². The highest BCUT2D eigenvalue weighted by Crippen LogP contribution is 2.26. The van der Waals surface area contributed by atoms with Crippen molar-refractivity contribution in [3.63, 3.8) is 0 Å². The van der Waals surface area contributed by atoms with Crippen LogP contribution in [0.5, 0.6) is 5.75 Å². The lowest BCUT2D eigenvalue weighted by Crippen LogP contribution is -2.19. The Balaban J connectivity index is 2.32. The van der Waals surface area contributed by atoms with E-state index in [0.717, 1.165) is 16.9 Å². The van der Waals surface area contributed by atoms with Gasteiger partial charge in [-0.05, 0) is 23.8 Å². The molecule has 1 amide bonds. The first-order valence-corrected chi connectivity index (χ1v) is 5.51. The molecule has 0 radical (unpaired) electrons. The minimum atomic E-state index is -0.391. The van der Waals surface area contributed by atoms with Gasteiger partial charge in [-0.3, -0.25) is 4.79 Å². The summed E-state index contributed by atoms with van der Waals surface area (Å²) in [6.07, 6.45) is 3.47. The highest BCUT2D eigenvalue weighted by atomic mass is 16.5. The maximum atomic E-state index is 11.4. The summed E-state index contributed by atoms with van der Waals surface area (Å²) in [4.78, 5) is 11.4. The smallest absolute Gasteiger partial charge is 0.261 e. The molecule has 1 aliphatic heterocycles. The zero-order chi connectivity index (χ0) is 13.0. The number of nitrogens with one attached hydrogen (secondary N) is 1. The van der Waals surface area contributed by atoms with Gasteiger partial charge in [-0.1, -0.05) is 18.2 Å². The van der Waals surface area contributed by atoms with Gasteiger partial charge in [0.2, 0.25) is 0 Å². The van der Waals surface area contributed by atoms with Crippen LogP contribution in [0.25, 0.3) is 6.08 Å². The van der Waals surface area contributed by atoms with Crippen LogP contribution in [0.3, 0.4) is 0 Å². The summed E-state index contributed by atoms with van der Waals surface area (Å²) >= 11 is 0. The van der Waals surface area contributed by atoms with Gasteiger partial charge >= 0.3 is 0 Å². The second-order valence-corrected chi connectivity index (χ2v) is 3.79. The van der Waals surface area contributed by atoms with E-state index < -0.39 is 5.91 Å². The van der Waals surface area contributed by atoms with E-state index in [1.165, 1.54) is 7.05 Å². The molecular formula is C14H12N2O2. The number of para-hydroxylation sites is 1. The van der Waals surface area contributed by atoms with Gasteiger partial charge in [0.05, 0.1) is 0 Å². The zero-order valence-electron chi connectivity index (χ0n) is 9.93. The highest BCUT2D eigenvalue weighted by molar-refractivity contribution is 5.97. The predicted molar refractivity (Wildman–Crippen MR) is 67.7 cm³/mol. The lowest BCUT2D eigenvalue weighted by molar-refractivity contribution is -0.116. The molecule has 2 rings (SSSR count). The zero-order valence-corrected chi connectivity index (χ0v) is 9.93. The van der Waals surface area contributed by atoms with Crippen molar-refractivity contribution in [1.29, 1.82) is 5.26 Å². The van der Waals surface area contributed by atoms with E-state index in [0.29, 0.717) is 6.61 Å². The Bertz CT molecular complexity index is 580. The molecule has 0 aromatic heterocycles. The standard InChI is InChI=1S/C14H12N2O2/c1-16-14(17)12(8-15)7-10-6-11-4-2-3-5-13(11)18-9-10/h2-7H,9H2,1H3,(H,16,17). The molecule has 4 nitrogen and oxygen atoms in total. The number of nitrogens with zero attached hydrogens (tertiary/aromatic N) is 1. The van der Waals surface area contributed by atoms with E-state index in [9.17, 15) is 4.79 Å². The molecule has 0 unspecified atom stereocenters. The Hall–Kier alpha value is -2.54. The van der Waals surface area contributed by atoms with Crippen LogP contribution in [0.1, 0.15) is 5.56 Å². The summed E-state index contributed by atoms with van der Waals surface area (Å²) in [5.41, 5.74) is 1.82. The van der Waals surface area contributed by atoms with Crippen molar-refractivity contribution in [2.45, 2.75) is 0 Å². The van der Waals surface area contributed by atoms with Crippen LogP contribution in [0.15, 0.2) is 41.5 Å². The van der Waals surface area contributed by atoms with Crippen molar-refractivity contribution in [3.05, 3.63) is 47.1 Å². The topological polar surface area (TPSA) is 62.1 Å². The molecule has 0 atom stereocenters. The molecule has 1 heterocycles. The van der Waals surface area contributed by atoms with Gasteiger partial charge in [-0.25, -0.2) is 0 Å². The largest absolute Gasteiger partial charge is 0.488 e. The second-order valence-electron chi connectivity index (χ2n) is 3.79. The molecule has 0 saturated heterocycles. The van der Waals surface area contributed by atoms with Crippen LogP contribution in [0, 0.1) is 11.3 Å². The van der Waals surface area contributed by atoms with Gasteiger partial charge in [0.1, 0.15) is 24.0 Å². The Morgan fingerprint density at radius 2 is 2.28 bits per heavy atom. The maximum Gasteiger partial charge on any atom is 0.261 e. The Morgan fingerprint density at radius 1 is 1.50 bits per heavy atom. The van der Waals surface area contributed by atoms with Gasteiger partial charge < -0.3 is 10.1 Å². The minimum absolute atomic E-state index is 0.0757. The molecule has 18 heavy (non-hydrogen) atoms. The number of nitriles is 1. The van der Waals surface area contributed by atoms with E-state index in [2.05, 4.69) is 5.32 Å². The lowest BCUT2D eigenvalue weighted by Gasteiger charge is -2.15. The van der Waals surface area contributed by atoms with Crippen LogP contribution >= 0.6 is 0 Å². The number of amides is 1. The molecule has 4 heteroatoms. The molecule has 90 valence electrons. The summed E-state index contributed by atoms with van der Waals surface area (Å²) in [5, 5.41) is 11.3. The fraction of sp³-hybridized carbons (Fsp3) is 0.143. The van der Waals surface area contributed by atoms with Crippen molar-refractivity contribution < 1.29 is 9.53 Å². The minimum Gasteiger partial charge on any atom is -0.488 e. The predicted octanol–water partition coefficient (Wildman–Crippen LogP) is 1.66. The Labute approximate surface area is 105 Å². The quantitative estimate of drug-likeness (QED) is 0.631. The molecule has 0 bridgehead atoms. The van der Waals surface area contributed by atoms with Gasteiger partial charge in [-0.15, -0.1) is 0 Å². The molecule has 1 aromatic rings. The number of fused-ring (bicyclic) bond motifs is 1. The number of hydrogen-bond donors (Lipinski definition) is 1. The third kappa shape index (κ3) is 2.41. The summed E-state index contributed by atoms with van der Waals surface area (Å²) in [6, 6.07) is 9.50. The Kier molecular flexibility index (Phi) is 3.44. The fourth-order valence-electron chi connectivity index (χ4n) is 1.69. The van der Waals surface area contributed by atoms with Gasteiger partial charge in [0.15, 0.2) is 0 Å². The molecule has 1 N–H and O–H groups in total. The molecule has 0 aliphatic carbocycles. The molecular weight excluding hydrogens is 228 g/mol. The number of ether oxygens (including phenoxy) is 1. The number of carbonyl (C=O) groups is 1. The van der Waals surface area contributed by atoms with Crippen molar-refractivity contribution in [2.75, 3.05) is 13.7 Å². The number of rotatable bonds is 2. The van der Waals surface area contributed by atoms with E-state index >= 15 is 0 Å².